The molecule has 2 aliphatic rings. The first-order chi connectivity index (χ1) is 18.8. The Labute approximate surface area is 223 Å². The van der Waals surface area contributed by atoms with E-state index in [4.69, 9.17) is 4.74 Å². The molecule has 1 saturated heterocycles. The van der Waals surface area contributed by atoms with Gasteiger partial charge in [0.1, 0.15) is 6.10 Å². The lowest BCUT2D eigenvalue weighted by Gasteiger charge is -2.36. The molecule has 0 radical (unpaired) electrons. The smallest absolute Gasteiger partial charge is 0.291 e. The number of nitrogens with one attached hydrogen (secondary N) is 1. The van der Waals surface area contributed by atoms with Crippen molar-refractivity contribution < 1.29 is 9.53 Å². The molecule has 2 aliphatic heterocycles. The molecule has 7 nitrogen and oxygen atoms in total. The molecule has 38 heavy (non-hydrogen) atoms. The van der Waals surface area contributed by atoms with Gasteiger partial charge in [0.15, 0.2) is 0 Å². The third-order valence-electron chi connectivity index (χ3n) is 7.49. The molecule has 1 fully saturated rings. The first-order valence-electron chi connectivity index (χ1n) is 13.4. The number of imidazole rings is 1. The Hall–Kier alpha value is -3.94. The van der Waals surface area contributed by atoms with Crippen LogP contribution in [0.3, 0.4) is 0 Å². The van der Waals surface area contributed by atoms with E-state index in [-0.39, 0.29) is 18.1 Å². The molecule has 3 aromatic carbocycles. The zero-order chi connectivity index (χ0) is 25.7. The van der Waals surface area contributed by atoms with Crippen molar-refractivity contribution in [3.05, 3.63) is 120 Å². The van der Waals surface area contributed by atoms with E-state index in [1.165, 1.54) is 5.56 Å². The van der Waals surface area contributed by atoms with Crippen molar-refractivity contribution >= 4 is 11.6 Å². The molecule has 4 aromatic rings. The molecule has 6 rings (SSSR count). The summed E-state index contributed by atoms with van der Waals surface area (Å²) in [5.74, 6) is 0.425. The summed E-state index contributed by atoms with van der Waals surface area (Å²) in [6.07, 6.45) is 5.16. The minimum atomic E-state index is -0.146. The Morgan fingerprint density at radius 2 is 1.66 bits per heavy atom. The lowest BCUT2D eigenvalue weighted by Crippen LogP contribution is -2.54. The summed E-state index contributed by atoms with van der Waals surface area (Å²) < 4.78 is 8.41. The number of carbonyl (C=O) groups excluding carboxylic acids is 1. The third-order valence-corrected chi connectivity index (χ3v) is 7.49. The van der Waals surface area contributed by atoms with Crippen molar-refractivity contribution in [2.45, 2.75) is 25.0 Å². The SMILES string of the molecule is O=C(c1nccn1N1CCc2ccccc21)N1CCNCC1CCOC(c1ccccc1)c1ccccc1. The third kappa shape index (κ3) is 4.95. The molecular weight excluding hydrogens is 474 g/mol. The number of benzene rings is 3. The van der Waals surface area contributed by atoms with Crippen LogP contribution >= 0.6 is 0 Å². The van der Waals surface area contributed by atoms with Crippen LogP contribution in [0.5, 0.6) is 0 Å². The van der Waals surface area contributed by atoms with Gasteiger partial charge in [-0.05, 0) is 35.6 Å². The summed E-state index contributed by atoms with van der Waals surface area (Å²) in [5.41, 5.74) is 4.68. The van der Waals surface area contributed by atoms with E-state index >= 15 is 0 Å². The Balaban J connectivity index is 1.17. The van der Waals surface area contributed by atoms with Gasteiger partial charge in [-0.2, -0.15) is 0 Å². The first-order valence-corrected chi connectivity index (χ1v) is 13.4. The lowest BCUT2D eigenvalue weighted by atomic mass is 10.0. The van der Waals surface area contributed by atoms with Crippen molar-refractivity contribution in [1.29, 1.82) is 0 Å². The Kier molecular flexibility index (Phi) is 7.20. The van der Waals surface area contributed by atoms with Gasteiger partial charge in [-0.15, -0.1) is 0 Å². The summed E-state index contributed by atoms with van der Waals surface area (Å²) in [7, 11) is 0. The number of anilines is 1. The second-order valence-corrected chi connectivity index (χ2v) is 9.81. The van der Waals surface area contributed by atoms with E-state index in [2.05, 4.69) is 57.8 Å². The molecule has 0 saturated carbocycles. The summed E-state index contributed by atoms with van der Waals surface area (Å²) in [6.45, 7) is 3.53. The predicted octanol–water partition coefficient (Wildman–Crippen LogP) is 4.32. The standard InChI is InChI=1S/C31H33N5O2/c37-31(30-33-18-21-36(30)35-19-15-24-9-7-8-14-28(24)35)34-20-17-32-23-27(34)16-22-38-29(25-10-3-1-4-11-25)26-12-5-2-6-13-26/h1-14,18,21,27,29,32H,15-17,19-20,22-23H2. The van der Waals surface area contributed by atoms with E-state index < -0.39 is 0 Å². The minimum absolute atomic E-state index is 0.0273. The second kappa shape index (κ2) is 11.2. The number of para-hydroxylation sites is 1. The topological polar surface area (TPSA) is 62.6 Å². The van der Waals surface area contributed by atoms with Crippen molar-refractivity contribution in [1.82, 2.24) is 19.9 Å². The highest BCUT2D eigenvalue weighted by Gasteiger charge is 2.32. The highest BCUT2D eigenvalue weighted by atomic mass is 16.5. The molecule has 1 atom stereocenters. The van der Waals surface area contributed by atoms with Gasteiger partial charge in [0.2, 0.25) is 5.82 Å². The fourth-order valence-electron chi connectivity index (χ4n) is 5.57. The second-order valence-electron chi connectivity index (χ2n) is 9.81. The first kappa shape index (κ1) is 24.4. The van der Waals surface area contributed by atoms with Crippen LogP contribution in [0.4, 0.5) is 5.69 Å². The van der Waals surface area contributed by atoms with Gasteiger partial charge in [0.05, 0.1) is 5.69 Å². The normalized spacial score (nSPS) is 17.1. The Morgan fingerprint density at radius 3 is 2.42 bits per heavy atom. The molecule has 1 N–H and O–H groups in total. The number of amides is 1. The monoisotopic (exact) mass is 507 g/mol. The van der Waals surface area contributed by atoms with Crippen LogP contribution in [0, 0.1) is 0 Å². The predicted molar refractivity (Wildman–Crippen MR) is 148 cm³/mol. The molecular formula is C31H33N5O2. The van der Waals surface area contributed by atoms with Gasteiger partial charge in [-0.25, -0.2) is 9.66 Å². The highest BCUT2D eigenvalue weighted by Crippen LogP contribution is 2.29. The molecule has 0 aliphatic carbocycles. The van der Waals surface area contributed by atoms with Crippen molar-refractivity contribution in [2.24, 2.45) is 0 Å². The van der Waals surface area contributed by atoms with Gasteiger partial charge in [-0.3, -0.25) is 9.80 Å². The van der Waals surface area contributed by atoms with Crippen LogP contribution in [0.1, 0.15) is 39.8 Å². The fraction of sp³-hybridized carbons (Fsp3) is 0.290. The van der Waals surface area contributed by atoms with E-state index in [0.29, 0.717) is 19.0 Å². The number of hydrogen-bond acceptors (Lipinski definition) is 5. The van der Waals surface area contributed by atoms with Gasteiger partial charge >= 0.3 is 0 Å². The Morgan fingerprint density at radius 1 is 0.947 bits per heavy atom. The molecule has 1 unspecified atom stereocenters. The van der Waals surface area contributed by atoms with Crippen LogP contribution in [0.2, 0.25) is 0 Å². The molecule has 3 heterocycles. The zero-order valence-electron chi connectivity index (χ0n) is 21.4. The maximum atomic E-state index is 13.8. The number of nitrogens with zero attached hydrogens (tertiary/aromatic N) is 4. The summed E-state index contributed by atoms with van der Waals surface area (Å²) in [6, 6.07) is 29.0. The van der Waals surface area contributed by atoms with Gasteiger partial charge < -0.3 is 15.0 Å². The average Bonchev–Trinajstić information content (AvgIpc) is 3.63. The number of hydrogen-bond donors (Lipinski definition) is 1. The van der Waals surface area contributed by atoms with Crippen LogP contribution in [-0.2, 0) is 11.2 Å². The number of fused-ring (bicyclic) bond motifs is 1. The van der Waals surface area contributed by atoms with E-state index in [1.54, 1.807) is 6.20 Å². The number of rotatable bonds is 8. The van der Waals surface area contributed by atoms with Crippen molar-refractivity contribution in [2.75, 3.05) is 37.8 Å². The average molecular weight is 508 g/mol. The number of ether oxygens (including phenoxy) is 1. The van der Waals surface area contributed by atoms with Crippen LogP contribution in [0.15, 0.2) is 97.3 Å². The fourth-order valence-corrected chi connectivity index (χ4v) is 5.57. The number of aromatic nitrogens is 2. The van der Waals surface area contributed by atoms with Gasteiger partial charge in [0, 0.05) is 51.2 Å². The molecule has 1 amide bonds. The van der Waals surface area contributed by atoms with E-state index in [1.807, 2.05) is 58.2 Å². The maximum Gasteiger partial charge on any atom is 0.291 e. The molecule has 1 aromatic heterocycles. The van der Waals surface area contributed by atoms with E-state index in [9.17, 15) is 4.79 Å². The largest absolute Gasteiger partial charge is 0.369 e. The van der Waals surface area contributed by atoms with Crippen LogP contribution in [0.25, 0.3) is 0 Å². The Bertz CT molecular complexity index is 1320. The number of carbonyl (C=O) groups is 1. The van der Waals surface area contributed by atoms with Gasteiger partial charge in [-0.1, -0.05) is 78.9 Å². The quantitative estimate of drug-likeness (QED) is 0.385. The minimum Gasteiger partial charge on any atom is -0.369 e. The molecule has 194 valence electrons. The van der Waals surface area contributed by atoms with Gasteiger partial charge in [0.25, 0.3) is 5.91 Å². The summed E-state index contributed by atoms with van der Waals surface area (Å²) in [4.78, 5) is 20.3. The van der Waals surface area contributed by atoms with Crippen LogP contribution < -0.4 is 10.3 Å². The summed E-state index contributed by atoms with van der Waals surface area (Å²) >= 11 is 0. The lowest BCUT2D eigenvalue weighted by molar-refractivity contribution is 0.0418. The van der Waals surface area contributed by atoms with Crippen LogP contribution in [-0.4, -0.2) is 59.3 Å². The van der Waals surface area contributed by atoms with Crippen molar-refractivity contribution in [3.63, 3.8) is 0 Å². The zero-order valence-corrected chi connectivity index (χ0v) is 21.4. The highest BCUT2D eigenvalue weighted by molar-refractivity contribution is 5.91. The molecule has 0 bridgehead atoms. The van der Waals surface area contributed by atoms with Crippen molar-refractivity contribution in [3.8, 4) is 0 Å². The maximum absolute atomic E-state index is 13.8. The summed E-state index contributed by atoms with van der Waals surface area (Å²) in [5, 5.41) is 5.62. The molecule has 7 heteroatoms. The molecule has 0 spiro atoms. The number of piperazine rings is 1. The van der Waals surface area contributed by atoms with E-state index in [0.717, 1.165) is 49.3 Å².